The van der Waals surface area contributed by atoms with E-state index in [0.717, 1.165) is 12.1 Å². The van der Waals surface area contributed by atoms with E-state index in [2.05, 4.69) is 10.3 Å². The molecule has 6 heteroatoms. The molecule has 0 aliphatic heterocycles. The van der Waals surface area contributed by atoms with Gasteiger partial charge in [0.1, 0.15) is 11.2 Å². The topological polar surface area (TPSA) is 64.0 Å². The second-order valence-electron chi connectivity index (χ2n) is 5.85. The summed E-state index contributed by atoms with van der Waals surface area (Å²) in [4.78, 5) is 29.8. The Hall–Kier alpha value is -2.66. The summed E-state index contributed by atoms with van der Waals surface area (Å²) in [5, 5.41) is 3.77. The molecule has 2 aromatic heterocycles. The summed E-state index contributed by atoms with van der Waals surface area (Å²) in [6.07, 6.45) is 2.46. The van der Waals surface area contributed by atoms with E-state index in [-0.39, 0.29) is 11.0 Å². The van der Waals surface area contributed by atoms with Gasteiger partial charge in [-0.2, -0.15) is 0 Å². The summed E-state index contributed by atoms with van der Waals surface area (Å²) in [5.74, 6) is -0.445. The lowest BCUT2D eigenvalue weighted by molar-refractivity contribution is 0.102. The maximum absolute atomic E-state index is 12.7. The zero-order valence-corrected chi connectivity index (χ0v) is 14.8. The molecule has 1 amide bonds. The molecule has 0 atom stereocenters. The molecule has 2 heterocycles. The van der Waals surface area contributed by atoms with Crippen LogP contribution in [-0.4, -0.2) is 15.5 Å². The average molecular weight is 356 g/mol. The number of nitrogens with zero attached hydrogens (tertiary/aromatic N) is 2. The van der Waals surface area contributed by atoms with E-state index in [4.69, 9.17) is 11.6 Å². The predicted octanol–water partition coefficient (Wildman–Crippen LogP) is 4.02. The number of carbonyl (C=O) groups is 1. The number of fused-ring (bicyclic) bond motifs is 1. The Balaban J connectivity index is 2.07. The molecule has 3 rings (SSSR count). The second-order valence-corrected chi connectivity index (χ2v) is 6.29. The van der Waals surface area contributed by atoms with Crippen LogP contribution in [-0.2, 0) is 6.54 Å². The van der Waals surface area contributed by atoms with E-state index in [0.29, 0.717) is 28.3 Å². The van der Waals surface area contributed by atoms with E-state index < -0.39 is 5.91 Å². The first-order valence-electron chi connectivity index (χ1n) is 8.07. The molecule has 0 saturated carbocycles. The number of aryl methyl sites for hydroxylation is 2. The van der Waals surface area contributed by atoms with Gasteiger partial charge in [-0.1, -0.05) is 18.5 Å². The van der Waals surface area contributed by atoms with Crippen molar-refractivity contribution in [2.24, 2.45) is 0 Å². The number of amides is 1. The van der Waals surface area contributed by atoms with E-state index in [1.807, 2.05) is 18.4 Å². The molecular weight excluding hydrogens is 338 g/mol. The zero-order valence-electron chi connectivity index (χ0n) is 14.0. The van der Waals surface area contributed by atoms with Crippen molar-refractivity contribution in [2.75, 3.05) is 5.32 Å². The Labute approximate surface area is 150 Å². The molecule has 1 aromatic carbocycles. The minimum atomic E-state index is -0.445. The van der Waals surface area contributed by atoms with Gasteiger partial charge < -0.3 is 9.88 Å². The zero-order chi connectivity index (χ0) is 18.0. The van der Waals surface area contributed by atoms with Gasteiger partial charge in [0.2, 0.25) is 5.43 Å². The Morgan fingerprint density at radius 2 is 1.92 bits per heavy atom. The molecule has 25 heavy (non-hydrogen) atoms. The van der Waals surface area contributed by atoms with Gasteiger partial charge in [0.25, 0.3) is 5.91 Å². The van der Waals surface area contributed by atoms with Gasteiger partial charge in [0, 0.05) is 29.1 Å². The standard InChI is InChI=1S/C19H18ClN3O2/c1-3-10-23-11-16(17(24)15-9-4-12(2)21-18(15)23)19(25)22-14-7-5-13(20)6-8-14/h4-9,11H,3,10H2,1-2H3,(H,22,25). The Kier molecular flexibility index (Phi) is 4.86. The lowest BCUT2D eigenvalue weighted by Gasteiger charge is -2.12. The molecule has 0 bridgehead atoms. The molecule has 128 valence electrons. The SMILES string of the molecule is CCCn1cc(C(=O)Nc2ccc(Cl)cc2)c(=O)c2ccc(C)nc21. The third-order valence-electron chi connectivity index (χ3n) is 3.87. The van der Waals surface area contributed by atoms with E-state index in [9.17, 15) is 9.59 Å². The molecule has 0 aliphatic carbocycles. The van der Waals surface area contributed by atoms with Gasteiger partial charge in [-0.05, 0) is 49.7 Å². The van der Waals surface area contributed by atoms with Crippen LogP contribution in [0, 0.1) is 6.92 Å². The summed E-state index contributed by atoms with van der Waals surface area (Å²) >= 11 is 5.85. The van der Waals surface area contributed by atoms with Crippen molar-refractivity contribution in [1.29, 1.82) is 0 Å². The third-order valence-corrected chi connectivity index (χ3v) is 4.12. The molecule has 5 nitrogen and oxygen atoms in total. The number of benzene rings is 1. The van der Waals surface area contributed by atoms with Gasteiger partial charge in [0.15, 0.2) is 0 Å². The largest absolute Gasteiger partial charge is 0.331 e. The lowest BCUT2D eigenvalue weighted by Crippen LogP contribution is -2.24. The van der Waals surface area contributed by atoms with Crippen LogP contribution in [0.3, 0.4) is 0 Å². The summed E-state index contributed by atoms with van der Waals surface area (Å²) in [6, 6.07) is 10.2. The summed E-state index contributed by atoms with van der Waals surface area (Å²) < 4.78 is 1.86. The van der Waals surface area contributed by atoms with Crippen LogP contribution in [0.2, 0.25) is 5.02 Å². The quantitative estimate of drug-likeness (QED) is 0.768. The Morgan fingerprint density at radius 1 is 1.20 bits per heavy atom. The molecule has 3 aromatic rings. The Morgan fingerprint density at radius 3 is 2.60 bits per heavy atom. The third kappa shape index (κ3) is 3.56. The van der Waals surface area contributed by atoms with Crippen LogP contribution in [0.1, 0.15) is 29.4 Å². The molecule has 0 aliphatic rings. The van der Waals surface area contributed by atoms with E-state index in [1.165, 1.54) is 0 Å². The maximum atomic E-state index is 12.7. The molecule has 0 radical (unpaired) electrons. The predicted molar refractivity (Wildman–Crippen MR) is 100 cm³/mol. The molecule has 0 saturated heterocycles. The van der Waals surface area contributed by atoms with Crippen LogP contribution in [0.4, 0.5) is 5.69 Å². The fraction of sp³-hybridized carbons (Fsp3) is 0.211. The lowest BCUT2D eigenvalue weighted by atomic mass is 10.1. The average Bonchev–Trinajstić information content (AvgIpc) is 2.59. The van der Waals surface area contributed by atoms with Crippen molar-refractivity contribution in [3.63, 3.8) is 0 Å². The minimum absolute atomic E-state index is 0.0987. The summed E-state index contributed by atoms with van der Waals surface area (Å²) in [7, 11) is 0. The van der Waals surface area contributed by atoms with E-state index >= 15 is 0 Å². The highest BCUT2D eigenvalue weighted by atomic mass is 35.5. The van der Waals surface area contributed by atoms with Crippen LogP contribution >= 0.6 is 11.6 Å². The number of anilines is 1. The van der Waals surface area contributed by atoms with Gasteiger partial charge in [-0.25, -0.2) is 4.98 Å². The number of hydrogen-bond donors (Lipinski definition) is 1. The van der Waals surface area contributed by atoms with E-state index in [1.54, 1.807) is 42.6 Å². The second kappa shape index (κ2) is 7.07. The first-order valence-corrected chi connectivity index (χ1v) is 8.45. The Bertz CT molecular complexity index is 994. The molecule has 1 N–H and O–H groups in total. The van der Waals surface area contributed by atoms with Crippen LogP contribution in [0.25, 0.3) is 11.0 Å². The molecular formula is C19H18ClN3O2. The van der Waals surface area contributed by atoms with Gasteiger partial charge >= 0.3 is 0 Å². The van der Waals surface area contributed by atoms with Crippen molar-refractivity contribution in [3.8, 4) is 0 Å². The highest BCUT2D eigenvalue weighted by Crippen LogP contribution is 2.16. The molecule has 0 spiro atoms. The highest BCUT2D eigenvalue weighted by Gasteiger charge is 2.16. The van der Waals surface area contributed by atoms with Gasteiger partial charge in [-0.3, -0.25) is 9.59 Å². The molecule has 0 unspecified atom stereocenters. The van der Waals surface area contributed by atoms with Gasteiger partial charge in [0.05, 0.1) is 5.39 Å². The van der Waals surface area contributed by atoms with Crippen molar-refractivity contribution in [1.82, 2.24) is 9.55 Å². The summed E-state index contributed by atoms with van der Waals surface area (Å²) in [5.41, 5.74) is 1.80. The number of carbonyl (C=O) groups excluding carboxylic acids is 1. The monoisotopic (exact) mass is 355 g/mol. The van der Waals surface area contributed by atoms with Crippen molar-refractivity contribution >= 4 is 34.2 Å². The number of aromatic nitrogens is 2. The van der Waals surface area contributed by atoms with Gasteiger partial charge in [-0.15, -0.1) is 0 Å². The van der Waals surface area contributed by atoms with Crippen LogP contribution in [0.5, 0.6) is 0 Å². The normalized spacial score (nSPS) is 10.8. The fourth-order valence-electron chi connectivity index (χ4n) is 2.66. The highest BCUT2D eigenvalue weighted by molar-refractivity contribution is 6.30. The van der Waals surface area contributed by atoms with Crippen molar-refractivity contribution in [3.05, 3.63) is 69.1 Å². The van der Waals surface area contributed by atoms with Crippen molar-refractivity contribution < 1.29 is 4.79 Å². The molecule has 0 fully saturated rings. The first kappa shape index (κ1) is 17.2. The minimum Gasteiger partial charge on any atom is -0.331 e. The number of halogens is 1. The number of rotatable bonds is 4. The number of pyridine rings is 2. The van der Waals surface area contributed by atoms with Crippen LogP contribution < -0.4 is 10.7 Å². The maximum Gasteiger partial charge on any atom is 0.261 e. The van der Waals surface area contributed by atoms with Crippen molar-refractivity contribution in [2.45, 2.75) is 26.8 Å². The number of hydrogen-bond acceptors (Lipinski definition) is 3. The fourth-order valence-corrected chi connectivity index (χ4v) is 2.79. The number of nitrogens with one attached hydrogen (secondary N) is 1. The first-order chi connectivity index (χ1) is 12.0. The van der Waals surface area contributed by atoms with Crippen LogP contribution in [0.15, 0.2) is 47.4 Å². The summed E-state index contributed by atoms with van der Waals surface area (Å²) in [6.45, 7) is 4.59. The smallest absolute Gasteiger partial charge is 0.261 e.